The minimum absolute atomic E-state index is 0.00949. The van der Waals surface area contributed by atoms with Gasteiger partial charge < -0.3 is 5.11 Å². The Labute approximate surface area is 130 Å². The Morgan fingerprint density at radius 2 is 1.86 bits per heavy atom. The first-order chi connectivity index (χ1) is 10.5. The monoisotopic (exact) mass is 304 g/mol. The van der Waals surface area contributed by atoms with Crippen LogP contribution >= 0.6 is 0 Å². The minimum Gasteiger partial charge on any atom is -0.435 e. The molecular weight excluding hydrogens is 282 g/mol. The van der Waals surface area contributed by atoms with Crippen molar-refractivity contribution in [3.8, 4) is 0 Å². The molecule has 1 heterocycles. The number of amides is 2. The van der Waals surface area contributed by atoms with E-state index in [1.807, 2.05) is 13.0 Å². The molecule has 1 fully saturated rings. The van der Waals surface area contributed by atoms with Gasteiger partial charge in [0.15, 0.2) is 5.78 Å². The van der Waals surface area contributed by atoms with Gasteiger partial charge in [-0.2, -0.15) is 9.28 Å². The number of Topliss-reactive ketones (excluding diaryl/α,β-unsaturated/α-hetero) is 1. The molecule has 1 aromatic carbocycles. The third-order valence-electron chi connectivity index (χ3n) is 4.56. The summed E-state index contributed by atoms with van der Waals surface area (Å²) in [6.45, 7) is 2.18. The maximum atomic E-state index is 12.4. The Morgan fingerprint density at radius 3 is 2.41 bits per heavy atom. The van der Waals surface area contributed by atoms with Crippen molar-refractivity contribution in [2.24, 2.45) is 0 Å². The fourth-order valence-electron chi connectivity index (χ4n) is 3.21. The number of rotatable bonds is 5. The highest BCUT2D eigenvalue weighted by Crippen LogP contribution is 2.29. The van der Waals surface area contributed by atoms with Crippen molar-refractivity contribution in [2.75, 3.05) is 6.54 Å². The number of quaternary nitrogens is 1. The first-order valence-electron chi connectivity index (χ1n) is 7.71. The van der Waals surface area contributed by atoms with Crippen LogP contribution < -0.4 is 0 Å². The molecule has 2 rings (SSSR count). The van der Waals surface area contributed by atoms with Crippen molar-refractivity contribution in [3.63, 3.8) is 0 Å². The minimum atomic E-state index is -1.07. The van der Waals surface area contributed by atoms with Crippen molar-refractivity contribution in [1.82, 2.24) is 0 Å². The van der Waals surface area contributed by atoms with Crippen LogP contribution in [-0.2, 0) is 4.79 Å². The van der Waals surface area contributed by atoms with Gasteiger partial charge in [-0.15, -0.1) is 0 Å². The van der Waals surface area contributed by atoms with Crippen molar-refractivity contribution in [3.05, 3.63) is 35.9 Å². The lowest BCUT2D eigenvalue weighted by Gasteiger charge is -2.29. The van der Waals surface area contributed by atoms with Crippen LogP contribution in [0.2, 0.25) is 0 Å². The maximum Gasteiger partial charge on any atom is 0.521 e. The van der Waals surface area contributed by atoms with Gasteiger partial charge in [0.2, 0.25) is 0 Å². The molecule has 1 saturated heterocycles. The molecule has 1 aliphatic rings. The van der Waals surface area contributed by atoms with Crippen LogP contribution in [0, 0.1) is 0 Å². The molecule has 5 nitrogen and oxygen atoms in total. The molecular formula is C17H22NO4+. The number of ketones is 1. The standard InChI is InChI=1S/C17H21NO4/c1-13-7-6-12-18(13,17(21)22)16(20)11-5-10-15(19)14-8-3-2-4-9-14/h2-4,8-9,13H,5-7,10-12H2,1H3/p+1/t13-,18?/m1/s1. The second-order valence-electron chi connectivity index (χ2n) is 5.90. The molecule has 1 aliphatic heterocycles. The maximum absolute atomic E-state index is 12.4. The summed E-state index contributed by atoms with van der Waals surface area (Å²) in [5, 5.41) is 9.48. The first kappa shape index (κ1) is 16.4. The van der Waals surface area contributed by atoms with Crippen LogP contribution in [0.1, 0.15) is 49.4 Å². The summed E-state index contributed by atoms with van der Waals surface area (Å²) in [7, 11) is 0. The topological polar surface area (TPSA) is 71.4 Å². The highest BCUT2D eigenvalue weighted by Gasteiger charge is 2.52. The molecule has 5 heteroatoms. The molecule has 1 N–H and O–H groups in total. The van der Waals surface area contributed by atoms with E-state index in [1.54, 1.807) is 24.3 Å². The zero-order valence-electron chi connectivity index (χ0n) is 12.8. The summed E-state index contributed by atoms with van der Waals surface area (Å²) < 4.78 is -0.473. The summed E-state index contributed by atoms with van der Waals surface area (Å²) in [5.74, 6) is -0.289. The summed E-state index contributed by atoms with van der Waals surface area (Å²) in [5.41, 5.74) is 0.631. The average molecular weight is 304 g/mol. The van der Waals surface area contributed by atoms with Crippen molar-refractivity contribution in [1.29, 1.82) is 0 Å². The Bertz CT molecular complexity index is 569. The van der Waals surface area contributed by atoms with Crippen molar-refractivity contribution in [2.45, 2.75) is 45.1 Å². The van der Waals surface area contributed by atoms with E-state index in [-0.39, 0.29) is 30.6 Å². The van der Waals surface area contributed by atoms with E-state index in [9.17, 15) is 19.5 Å². The van der Waals surface area contributed by atoms with Gasteiger partial charge in [-0.25, -0.2) is 4.79 Å². The SMILES string of the molecule is C[C@@H]1CCC[N+]1(C(=O)O)C(=O)CCCC(=O)c1ccccc1. The molecule has 0 bridgehead atoms. The molecule has 0 saturated carbocycles. The number of carbonyl (C=O) groups is 3. The van der Waals surface area contributed by atoms with E-state index in [0.29, 0.717) is 18.5 Å². The summed E-state index contributed by atoms with van der Waals surface area (Å²) >= 11 is 0. The highest BCUT2D eigenvalue weighted by atomic mass is 16.4. The summed E-state index contributed by atoms with van der Waals surface area (Å²) in [6.07, 6.45) is 1.23. The lowest BCUT2D eigenvalue weighted by Crippen LogP contribution is -2.58. The molecule has 22 heavy (non-hydrogen) atoms. The molecule has 0 aliphatic carbocycles. The normalized spacial score (nSPS) is 24.1. The van der Waals surface area contributed by atoms with Gasteiger partial charge in [0.1, 0.15) is 6.04 Å². The van der Waals surface area contributed by atoms with E-state index in [2.05, 4.69) is 0 Å². The van der Waals surface area contributed by atoms with Gasteiger partial charge in [0.25, 0.3) is 0 Å². The lowest BCUT2D eigenvalue weighted by molar-refractivity contribution is -0.792. The lowest BCUT2D eigenvalue weighted by atomic mass is 10.0. The molecule has 1 aromatic rings. The fraction of sp³-hybridized carbons (Fsp3) is 0.471. The van der Waals surface area contributed by atoms with E-state index in [1.165, 1.54) is 0 Å². The highest BCUT2D eigenvalue weighted by molar-refractivity contribution is 5.96. The molecule has 0 radical (unpaired) electrons. The van der Waals surface area contributed by atoms with E-state index in [4.69, 9.17) is 0 Å². The van der Waals surface area contributed by atoms with Crippen molar-refractivity contribution < 1.29 is 24.0 Å². The number of hydrogen-bond donors (Lipinski definition) is 1. The number of benzene rings is 1. The number of hydrogen-bond acceptors (Lipinski definition) is 3. The molecule has 118 valence electrons. The molecule has 2 amide bonds. The third kappa shape index (κ3) is 3.09. The molecule has 0 aromatic heterocycles. The summed E-state index contributed by atoms with van der Waals surface area (Å²) in [6, 6.07) is 8.75. The fourth-order valence-corrected chi connectivity index (χ4v) is 3.21. The average Bonchev–Trinajstić information content (AvgIpc) is 2.90. The third-order valence-corrected chi connectivity index (χ3v) is 4.56. The number of likely N-dealkylation sites (tertiary alicyclic amines) is 1. The van der Waals surface area contributed by atoms with Crippen LogP contribution in [0.3, 0.4) is 0 Å². The summed E-state index contributed by atoms with van der Waals surface area (Å²) in [4.78, 5) is 36.0. The zero-order valence-corrected chi connectivity index (χ0v) is 12.8. The quantitative estimate of drug-likeness (QED) is 0.669. The van der Waals surface area contributed by atoms with Crippen LogP contribution in [0.25, 0.3) is 0 Å². The van der Waals surface area contributed by atoms with Gasteiger partial charge >= 0.3 is 12.0 Å². The van der Waals surface area contributed by atoms with Gasteiger partial charge in [0.05, 0.1) is 13.0 Å². The second-order valence-corrected chi connectivity index (χ2v) is 5.90. The first-order valence-corrected chi connectivity index (χ1v) is 7.71. The smallest absolute Gasteiger partial charge is 0.435 e. The Hall–Kier alpha value is -2.01. The second kappa shape index (κ2) is 6.83. The largest absolute Gasteiger partial charge is 0.521 e. The van der Waals surface area contributed by atoms with Gasteiger partial charge in [-0.3, -0.25) is 4.79 Å². The Morgan fingerprint density at radius 1 is 1.18 bits per heavy atom. The predicted molar refractivity (Wildman–Crippen MR) is 81.5 cm³/mol. The van der Waals surface area contributed by atoms with Crippen LogP contribution in [-0.4, -0.2) is 40.0 Å². The Kier molecular flexibility index (Phi) is 5.08. The zero-order chi connectivity index (χ0) is 16.2. The molecule has 0 spiro atoms. The van der Waals surface area contributed by atoms with E-state index < -0.39 is 10.6 Å². The van der Waals surface area contributed by atoms with Crippen LogP contribution in [0.5, 0.6) is 0 Å². The Balaban J connectivity index is 1.92. The van der Waals surface area contributed by atoms with E-state index >= 15 is 0 Å². The molecule has 1 unspecified atom stereocenters. The van der Waals surface area contributed by atoms with Gasteiger partial charge in [-0.05, 0) is 13.3 Å². The predicted octanol–water partition coefficient (Wildman–Crippen LogP) is 3.24. The van der Waals surface area contributed by atoms with Crippen molar-refractivity contribution >= 4 is 17.8 Å². The van der Waals surface area contributed by atoms with Crippen LogP contribution in [0.15, 0.2) is 30.3 Å². The molecule has 2 atom stereocenters. The number of nitrogens with zero attached hydrogens (tertiary/aromatic N) is 1. The van der Waals surface area contributed by atoms with Gasteiger partial charge in [0, 0.05) is 24.8 Å². The van der Waals surface area contributed by atoms with E-state index in [0.717, 1.165) is 12.8 Å². The number of imide groups is 1. The van der Waals surface area contributed by atoms with Gasteiger partial charge in [-0.1, -0.05) is 30.3 Å². The number of carboxylic acid groups (broad SMARTS) is 1. The van der Waals surface area contributed by atoms with Crippen LogP contribution in [0.4, 0.5) is 4.79 Å². The number of carbonyl (C=O) groups excluding carboxylic acids is 2.